The molecule has 0 amide bonds. The van der Waals surface area contributed by atoms with E-state index in [1.54, 1.807) is 20.0 Å². The molecule has 1 saturated heterocycles. The van der Waals surface area contributed by atoms with E-state index in [2.05, 4.69) is 10.00 Å². The summed E-state index contributed by atoms with van der Waals surface area (Å²) in [5.74, 6) is 0. The van der Waals surface area contributed by atoms with E-state index < -0.39 is 5.60 Å². The second-order valence-electron chi connectivity index (χ2n) is 5.31. The molecular formula is C12H18ClN3O2. The minimum absolute atomic E-state index is 0.131. The third-order valence-corrected chi connectivity index (χ3v) is 3.31. The number of hydrogen-bond acceptors (Lipinski definition) is 4. The molecule has 0 bridgehead atoms. The summed E-state index contributed by atoms with van der Waals surface area (Å²) in [4.78, 5) is 14.1. The molecule has 100 valence electrons. The molecule has 0 aliphatic carbocycles. The van der Waals surface area contributed by atoms with Gasteiger partial charge in [-0.1, -0.05) is 11.6 Å². The Bertz CT molecular complexity index is 487. The Morgan fingerprint density at radius 3 is 2.61 bits per heavy atom. The quantitative estimate of drug-likeness (QED) is 0.899. The van der Waals surface area contributed by atoms with E-state index in [1.165, 1.54) is 4.68 Å². The highest BCUT2D eigenvalue weighted by atomic mass is 35.5. The van der Waals surface area contributed by atoms with Crippen LogP contribution in [-0.4, -0.2) is 33.6 Å². The van der Waals surface area contributed by atoms with Crippen LogP contribution in [0.4, 0.5) is 5.69 Å². The van der Waals surface area contributed by atoms with Crippen molar-refractivity contribution in [1.82, 2.24) is 9.78 Å². The number of nitrogens with zero attached hydrogens (tertiary/aromatic N) is 3. The summed E-state index contributed by atoms with van der Waals surface area (Å²) >= 11 is 6.11. The van der Waals surface area contributed by atoms with Gasteiger partial charge in [0.05, 0.1) is 24.0 Å². The van der Waals surface area contributed by atoms with Crippen LogP contribution in [0.5, 0.6) is 0 Å². The van der Waals surface area contributed by atoms with E-state index in [0.717, 1.165) is 25.9 Å². The van der Waals surface area contributed by atoms with Crippen molar-refractivity contribution in [2.24, 2.45) is 0 Å². The summed E-state index contributed by atoms with van der Waals surface area (Å²) in [5, 5.41) is 14.0. The lowest BCUT2D eigenvalue weighted by Crippen LogP contribution is -2.35. The van der Waals surface area contributed by atoms with Gasteiger partial charge in [0.15, 0.2) is 0 Å². The standard InChI is InChI=1S/C12H18ClN3O2/c1-12(2,18)8-16-11(17)10(13)9(7-14-16)15-5-3-4-6-15/h7,18H,3-6,8H2,1-2H3. The Morgan fingerprint density at radius 2 is 2.06 bits per heavy atom. The Labute approximate surface area is 111 Å². The maximum absolute atomic E-state index is 12.1. The topological polar surface area (TPSA) is 58.4 Å². The SMILES string of the molecule is CC(C)(O)Cn1ncc(N2CCCC2)c(Cl)c1=O. The summed E-state index contributed by atoms with van der Waals surface area (Å²) in [5.41, 5.74) is -0.635. The lowest BCUT2D eigenvalue weighted by molar-refractivity contribution is 0.0561. The van der Waals surface area contributed by atoms with Crippen LogP contribution >= 0.6 is 11.6 Å². The zero-order chi connectivity index (χ0) is 13.3. The molecule has 1 aromatic heterocycles. The van der Waals surface area contributed by atoms with Crippen LogP contribution in [0.15, 0.2) is 11.0 Å². The molecular weight excluding hydrogens is 254 g/mol. The summed E-state index contributed by atoms with van der Waals surface area (Å²) in [6, 6.07) is 0. The normalized spacial score (nSPS) is 16.3. The van der Waals surface area contributed by atoms with Crippen LogP contribution in [0, 0.1) is 0 Å². The lowest BCUT2D eigenvalue weighted by atomic mass is 10.1. The number of anilines is 1. The predicted molar refractivity (Wildman–Crippen MR) is 71.3 cm³/mol. The van der Waals surface area contributed by atoms with Gasteiger partial charge in [-0.15, -0.1) is 0 Å². The van der Waals surface area contributed by atoms with Gasteiger partial charge in [0.2, 0.25) is 0 Å². The number of aromatic nitrogens is 2. The van der Waals surface area contributed by atoms with Crippen LogP contribution < -0.4 is 10.5 Å². The summed E-state index contributed by atoms with van der Waals surface area (Å²) in [6.07, 6.45) is 3.84. The fourth-order valence-corrected chi connectivity index (χ4v) is 2.38. The first kappa shape index (κ1) is 13.4. The monoisotopic (exact) mass is 271 g/mol. The molecule has 1 aromatic rings. The molecule has 6 heteroatoms. The third kappa shape index (κ3) is 2.84. The maximum atomic E-state index is 12.1. The minimum atomic E-state index is -0.991. The molecule has 5 nitrogen and oxygen atoms in total. The van der Waals surface area contributed by atoms with E-state index in [4.69, 9.17) is 11.6 Å². The fraction of sp³-hybridized carbons (Fsp3) is 0.667. The van der Waals surface area contributed by atoms with Gasteiger partial charge in [0.25, 0.3) is 5.56 Å². The largest absolute Gasteiger partial charge is 0.389 e. The van der Waals surface area contributed by atoms with E-state index in [-0.39, 0.29) is 17.1 Å². The molecule has 0 saturated carbocycles. The number of halogens is 1. The van der Waals surface area contributed by atoms with Crippen LogP contribution in [0.1, 0.15) is 26.7 Å². The second-order valence-corrected chi connectivity index (χ2v) is 5.69. The number of hydrogen-bond donors (Lipinski definition) is 1. The van der Waals surface area contributed by atoms with Gasteiger partial charge in [-0.25, -0.2) is 4.68 Å². The summed E-state index contributed by atoms with van der Waals surface area (Å²) < 4.78 is 1.21. The first-order valence-corrected chi connectivity index (χ1v) is 6.49. The maximum Gasteiger partial charge on any atom is 0.287 e. The molecule has 1 fully saturated rings. The molecule has 1 aliphatic rings. The molecule has 0 radical (unpaired) electrons. The van der Waals surface area contributed by atoms with Crippen molar-refractivity contribution < 1.29 is 5.11 Å². The first-order valence-electron chi connectivity index (χ1n) is 6.11. The van der Waals surface area contributed by atoms with Gasteiger partial charge >= 0.3 is 0 Å². The second kappa shape index (κ2) is 4.90. The summed E-state index contributed by atoms with van der Waals surface area (Å²) in [7, 11) is 0. The van der Waals surface area contributed by atoms with Gasteiger partial charge in [-0.2, -0.15) is 5.10 Å². The Kier molecular flexibility index (Phi) is 3.64. The minimum Gasteiger partial charge on any atom is -0.389 e. The summed E-state index contributed by atoms with van der Waals surface area (Å²) in [6.45, 7) is 5.21. The highest BCUT2D eigenvalue weighted by Crippen LogP contribution is 2.24. The van der Waals surface area contributed by atoms with Crippen molar-refractivity contribution in [2.75, 3.05) is 18.0 Å². The molecule has 2 rings (SSSR count). The van der Waals surface area contributed by atoms with Crippen LogP contribution in [-0.2, 0) is 6.54 Å². The van der Waals surface area contributed by atoms with Crippen molar-refractivity contribution in [1.29, 1.82) is 0 Å². The fourth-order valence-electron chi connectivity index (χ4n) is 2.11. The highest BCUT2D eigenvalue weighted by Gasteiger charge is 2.21. The van der Waals surface area contributed by atoms with Gasteiger partial charge in [0, 0.05) is 13.1 Å². The molecule has 0 spiro atoms. The Morgan fingerprint density at radius 1 is 1.44 bits per heavy atom. The van der Waals surface area contributed by atoms with Gasteiger partial charge in [-0.3, -0.25) is 4.79 Å². The average molecular weight is 272 g/mol. The smallest absolute Gasteiger partial charge is 0.287 e. The third-order valence-electron chi connectivity index (χ3n) is 2.95. The van der Waals surface area contributed by atoms with Gasteiger partial charge < -0.3 is 10.0 Å². The van der Waals surface area contributed by atoms with Crippen LogP contribution in [0.3, 0.4) is 0 Å². The predicted octanol–water partition coefficient (Wildman–Crippen LogP) is 1.27. The Balaban J connectivity index is 2.32. The zero-order valence-corrected chi connectivity index (χ0v) is 11.4. The van der Waals surface area contributed by atoms with E-state index in [1.807, 2.05) is 0 Å². The van der Waals surface area contributed by atoms with Crippen molar-refractivity contribution in [3.63, 3.8) is 0 Å². The van der Waals surface area contributed by atoms with Crippen molar-refractivity contribution in [2.45, 2.75) is 38.8 Å². The van der Waals surface area contributed by atoms with Gasteiger partial charge in [0.1, 0.15) is 5.02 Å². The zero-order valence-electron chi connectivity index (χ0n) is 10.7. The van der Waals surface area contributed by atoms with Crippen molar-refractivity contribution in [3.05, 3.63) is 21.6 Å². The lowest BCUT2D eigenvalue weighted by Gasteiger charge is -2.21. The van der Waals surface area contributed by atoms with Crippen molar-refractivity contribution >= 4 is 17.3 Å². The van der Waals surface area contributed by atoms with Crippen LogP contribution in [0.25, 0.3) is 0 Å². The molecule has 2 heterocycles. The van der Waals surface area contributed by atoms with E-state index >= 15 is 0 Å². The molecule has 0 atom stereocenters. The average Bonchev–Trinajstić information content (AvgIpc) is 2.76. The Hall–Kier alpha value is -1.07. The van der Waals surface area contributed by atoms with Crippen molar-refractivity contribution in [3.8, 4) is 0 Å². The molecule has 0 unspecified atom stereocenters. The molecule has 0 aromatic carbocycles. The molecule has 1 aliphatic heterocycles. The van der Waals surface area contributed by atoms with Gasteiger partial charge in [-0.05, 0) is 26.7 Å². The van der Waals surface area contributed by atoms with E-state index in [9.17, 15) is 9.90 Å². The van der Waals surface area contributed by atoms with Crippen LogP contribution in [0.2, 0.25) is 5.02 Å². The molecule has 18 heavy (non-hydrogen) atoms. The molecule has 1 N–H and O–H groups in total. The number of rotatable bonds is 3. The van der Waals surface area contributed by atoms with E-state index in [0.29, 0.717) is 5.69 Å². The number of aliphatic hydroxyl groups is 1. The first-order chi connectivity index (χ1) is 8.38. The highest BCUT2D eigenvalue weighted by molar-refractivity contribution is 6.33.